The van der Waals surface area contributed by atoms with Crippen LogP contribution in [0, 0.1) is 0 Å². The van der Waals surface area contributed by atoms with Crippen molar-refractivity contribution < 1.29 is 37.7 Å². The number of ether oxygens (including phenoxy) is 4. The molecule has 1 heterocycles. The van der Waals surface area contributed by atoms with Crippen LogP contribution in [0.2, 0.25) is 0 Å². The Balaban J connectivity index is 1.73. The lowest BCUT2D eigenvalue weighted by molar-refractivity contribution is -0.150. The molecule has 1 amide bonds. The van der Waals surface area contributed by atoms with E-state index in [9.17, 15) is 14.4 Å². The van der Waals surface area contributed by atoms with Crippen molar-refractivity contribution in [2.45, 2.75) is 38.8 Å². The molecule has 0 aliphatic heterocycles. The van der Waals surface area contributed by atoms with Gasteiger partial charge in [0, 0.05) is 10.9 Å². The first kappa shape index (κ1) is 23.9. The van der Waals surface area contributed by atoms with Crippen LogP contribution in [0.25, 0.3) is 21.7 Å². The summed E-state index contributed by atoms with van der Waals surface area (Å²) in [6, 6.07) is 8.20. The van der Waals surface area contributed by atoms with Gasteiger partial charge in [0.1, 0.15) is 23.5 Å². The molecule has 0 bridgehead atoms. The van der Waals surface area contributed by atoms with Gasteiger partial charge in [-0.1, -0.05) is 12.1 Å². The van der Waals surface area contributed by atoms with Gasteiger partial charge < -0.3 is 28.7 Å². The van der Waals surface area contributed by atoms with Crippen LogP contribution >= 0.6 is 0 Å². The second-order valence-corrected chi connectivity index (χ2v) is 8.37. The van der Waals surface area contributed by atoms with Crippen LogP contribution < -0.4 is 10.1 Å². The van der Waals surface area contributed by atoms with Crippen molar-refractivity contribution in [3.8, 4) is 5.75 Å². The molecule has 3 aromatic rings. The molecule has 176 valence electrons. The lowest BCUT2D eigenvalue weighted by Gasteiger charge is -2.22. The van der Waals surface area contributed by atoms with Crippen LogP contribution in [0.15, 0.2) is 41.0 Å². The fraction of sp³-hybridized carbons (Fsp3) is 0.375. The highest BCUT2D eigenvalue weighted by Gasteiger charge is 2.26. The molecule has 0 fully saturated rings. The van der Waals surface area contributed by atoms with Gasteiger partial charge in [-0.2, -0.15) is 0 Å². The van der Waals surface area contributed by atoms with Crippen LogP contribution in [0.5, 0.6) is 5.75 Å². The SMILES string of the molecule is COC(=O)[C@H](COC(=O)Cc1coc2ccc3ccc(OC)cc3c12)NC(=O)OC(C)(C)C. The predicted molar refractivity (Wildman–Crippen MR) is 120 cm³/mol. The topological polar surface area (TPSA) is 113 Å². The maximum Gasteiger partial charge on any atom is 0.408 e. The maximum atomic E-state index is 12.6. The molecule has 1 N–H and O–H groups in total. The lowest BCUT2D eigenvalue weighted by atomic mass is 10.0. The van der Waals surface area contributed by atoms with Crippen molar-refractivity contribution in [1.29, 1.82) is 0 Å². The normalized spacial score (nSPS) is 12.3. The van der Waals surface area contributed by atoms with Crippen molar-refractivity contribution in [3.63, 3.8) is 0 Å². The third-order valence-corrected chi connectivity index (χ3v) is 4.76. The van der Waals surface area contributed by atoms with Crippen LogP contribution in [0.1, 0.15) is 26.3 Å². The number of rotatable bonds is 7. The zero-order chi connectivity index (χ0) is 24.2. The number of methoxy groups -OCH3 is 2. The number of nitrogens with one attached hydrogen (secondary N) is 1. The molecule has 0 aliphatic carbocycles. The van der Waals surface area contributed by atoms with Gasteiger partial charge in [-0.3, -0.25) is 4.79 Å². The molecule has 0 spiro atoms. The Morgan fingerprint density at radius 1 is 1.09 bits per heavy atom. The minimum absolute atomic E-state index is 0.0936. The molecule has 33 heavy (non-hydrogen) atoms. The largest absolute Gasteiger partial charge is 0.497 e. The highest BCUT2D eigenvalue weighted by molar-refractivity contribution is 6.08. The van der Waals surface area contributed by atoms with Gasteiger partial charge in [-0.25, -0.2) is 9.59 Å². The van der Waals surface area contributed by atoms with Crippen molar-refractivity contribution in [1.82, 2.24) is 5.32 Å². The van der Waals surface area contributed by atoms with E-state index in [2.05, 4.69) is 10.1 Å². The van der Waals surface area contributed by atoms with Gasteiger partial charge in [-0.15, -0.1) is 0 Å². The highest BCUT2D eigenvalue weighted by Crippen LogP contribution is 2.32. The molecule has 0 saturated heterocycles. The molecule has 1 atom stereocenters. The Bertz CT molecular complexity index is 1170. The average molecular weight is 457 g/mol. The van der Waals surface area contributed by atoms with Gasteiger partial charge >= 0.3 is 18.0 Å². The standard InChI is InChI=1S/C24H27NO8/c1-24(2,3)33-23(28)25-18(22(27)30-5)13-32-20(26)10-15-12-31-19-9-7-14-6-8-16(29-4)11-17(14)21(15)19/h6-9,11-12,18H,10,13H2,1-5H3,(H,25,28)/t18-/m0/s1. The fourth-order valence-corrected chi connectivity index (χ4v) is 3.30. The summed E-state index contributed by atoms with van der Waals surface area (Å²) in [4.78, 5) is 36.6. The Morgan fingerprint density at radius 3 is 2.48 bits per heavy atom. The first-order chi connectivity index (χ1) is 15.6. The maximum absolute atomic E-state index is 12.6. The zero-order valence-electron chi connectivity index (χ0n) is 19.2. The van der Waals surface area contributed by atoms with Crippen LogP contribution in [0.4, 0.5) is 4.79 Å². The summed E-state index contributed by atoms with van der Waals surface area (Å²) in [6.45, 7) is 4.66. The molecule has 9 heteroatoms. The summed E-state index contributed by atoms with van der Waals surface area (Å²) in [5.74, 6) is -0.683. The molecule has 0 aliphatic rings. The summed E-state index contributed by atoms with van der Waals surface area (Å²) in [5.41, 5.74) is 0.496. The molecule has 0 radical (unpaired) electrons. The molecule has 3 rings (SSSR count). The number of carbonyl (C=O) groups excluding carboxylic acids is 3. The smallest absolute Gasteiger partial charge is 0.408 e. The number of alkyl carbamates (subject to hydrolysis) is 1. The summed E-state index contributed by atoms with van der Waals surface area (Å²) in [5, 5.41) is 4.98. The number of carbonyl (C=O) groups is 3. The molecule has 2 aromatic carbocycles. The number of amides is 1. The summed E-state index contributed by atoms with van der Waals surface area (Å²) < 4.78 is 26.0. The number of esters is 2. The van der Waals surface area contributed by atoms with E-state index in [1.165, 1.54) is 13.4 Å². The number of fused-ring (bicyclic) bond motifs is 3. The first-order valence-corrected chi connectivity index (χ1v) is 10.3. The van der Waals surface area contributed by atoms with Gasteiger partial charge in [-0.05, 0) is 49.7 Å². The van der Waals surface area contributed by atoms with E-state index < -0.39 is 36.3 Å². The second-order valence-electron chi connectivity index (χ2n) is 8.37. The summed E-state index contributed by atoms with van der Waals surface area (Å²) in [7, 11) is 2.75. The van der Waals surface area contributed by atoms with E-state index in [-0.39, 0.29) is 6.42 Å². The number of hydrogen-bond acceptors (Lipinski definition) is 8. The number of furan rings is 1. The van der Waals surface area contributed by atoms with Gasteiger partial charge in [0.25, 0.3) is 0 Å². The zero-order valence-corrected chi connectivity index (χ0v) is 19.2. The van der Waals surface area contributed by atoms with Crippen LogP contribution in [-0.4, -0.2) is 50.5 Å². The number of hydrogen-bond donors (Lipinski definition) is 1. The summed E-state index contributed by atoms with van der Waals surface area (Å²) >= 11 is 0. The van der Waals surface area contributed by atoms with Gasteiger partial charge in [0.05, 0.1) is 26.9 Å². The van der Waals surface area contributed by atoms with Gasteiger partial charge in [0.2, 0.25) is 0 Å². The molecule has 0 saturated carbocycles. The lowest BCUT2D eigenvalue weighted by Crippen LogP contribution is -2.47. The Kier molecular flexibility index (Phi) is 7.10. The van der Waals surface area contributed by atoms with E-state index in [0.717, 1.165) is 16.2 Å². The predicted octanol–water partition coefficient (Wildman–Crippen LogP) is 3.75. The monoisotopic (exact) mass is 457 g/mol. The van der Waals surface area contributed by atoms with Crippen LogP contribution in [-0.2, 0) is 30.2 Å². The van der Waals surface area contributed by atoms with Gasteiger partial charge in [0.15, 0.2) is 6.04 Å². The molecule has 1 aromatic heterocycles. The van der Waals surface area contributed by atoms with E-state index in [1.807, 2.05) is 30.3 Å². The van der Waals surface area contributed by atoms with E-state index in [0.29, 0.717) is 16.9 Å². The molecular weight excluding hydrogens is 430 g/mol. The third-order valence-electron chi connectivity index (χ3n) is 4.76. The minimum atomic E-state index is -1.21. The Labute approximate surface area is 190 Å². The van der Waals surface area contributed by atoms with Crippen molar-refractivity contribution in [2.24, 2.45) is 0 Å². The number of benzene rings is 2. The molecule has 0 unspecified atom stereocenters. The quantitative estimate of drug-likeness (QED) is 0.422. The first-order valence-electron chi connectivity index (χ1n) is 10.3. The highest BCUT2D eigenvalue weighted by atomic mass is 16.6. The van der Waals surface area contributed by atoms with E-state index >= 15 is 0 Å². The van der Waals surface area contributed by atoms with Crippen molar-refractivity contribution in [2.75, 3.05) is 20.8 Å². The fourth-order valence-electron chi connectivity index (χ4n) is 3.30. The second kappa shape index (κ2) is 9.81. The Hall–Kier alpha value is -3.75. The molecule has 9 nitrogen and oxygen atoms in total. The van der Waals surface area contributed by atoms with E-state index in [1.54, 1.807) is 27.9 Å². The third kappa shape index (κ3) is 5.94. The van der Waals surface area contributed by atoms with Crippen molar-refractivity contribution >= 4 is 39.8 Å². The summed E-state index contributed by atoms with van der Waals surface area (Å²) in [6.07, 6.45) is 0.584. The van der Waals surface area contributed by atoms with E-state index in [4.69, 9.17) is 18.6 Å². The minimum Gasteiger partial charge on any atom is -0.497 e. The van der Waals surface area contributed by atoms with Crippen LogP contribution in [0.3, 0.4) is 0 Å². The molecular formula is C24H27NO8. The average Bonchev–Trinajstić information content (AvgIpc) is 3.17. The Morgan fingerprint density at radius 2 is 1.82 bits per heavy atom. The van der Waals surface area contributed by atoms with Crippen molar-refractivity contribution in [3.05, 3.63) is 42.2 Å².